The summed E-state index contributed by atoms with van der Waals surface area (Å²) in [5, 5.41) is 15.0. The Labute approximate surface area is 126 Å². The molecule has 21 heavy (non-hydrogen) atoms. The largest absolute Gasteiger partial charge is 0.397 e. The molecule has 1 aromatic carbocycles. The first kappa shape index (κ1) is 17.3. The molecule has 1 aromatic rings. The number of amides is 1. The van der Waals surface area contributed by atoms with E-state index in [0.717, 1.165) is 25.1 Å². The number of hydrogen-bond acceptors (Lipinski definition) is 4. The van der Waals surface area contributed by atoms with Crippen molar-refractivity contribution in [1.82, 2.24) is 5.32 Å². The molecule has 0 heterocycles. The Hall–Kier alpha value is -1.75. The van der Waals surface area contributed by atoms with E-state index in [1.807, 2.05) is 6.92 Å². The summed E-state index contributed by atoms with van der Waals surface area (Å²) >= 11 is 0. The first-order valence-corrected chi connectivity index (χ1v) is 7.42. The number of anilines is 2. The lowest BCUT2D eigenvalue weighted by molar-refractivity contribution is 0.0956. The van der Waals surface area contributed by atoms with Crippen LogP contribution in [0.4, 0.5) is 11.4 Å². The summed E-state index contributed by atoms with van der Waals surface area (Å²) in [4.78, 5) is 11.8. The van der Waals surface area contributed by atoms with Crippen LogP contribution in [0, 0.1) is 5.41 Å². The average Bonchev–Trinajstić information content (AvgIpc) is 2.44. The third-order valence-corrected chi connectivity index (χ3v) is 3.42. The smallest absolute Gasteiger partial charge is 0.251 e. The van der Waals surface area contributed by atoms with Crippen LogP contribution in [0.1, 0.15) is 44.0 Å². The lowest BCUT2D eigenvalue weighted by Gasteiger charge is -2.25. The van der Waals surface area contributed by atoms with Crippen molar-refractivity contribution in [2.24, 2.45) is 5.41 Å². The highest BCUT2D eigenvalue weighted by atomic mass is 16.2. The van der Waals surface area contributed by atoms with Gasteiger partial charge in [0, 0.05) is 25.3 Å². The summed E-state index contributed by atoms with van der Waals surface area (Å²) in [6.45, 7) is 7.70. The Morgan fingerprint density at radius 2 is 2.10 bits per heavy atom. The fourth-order valence-corrected chi connectivity index (χ4v) is 2.09. The Bertz CT molecular complexity index is 473. The first-order valence-electron chi connectivity index (χ1n) is 7.42. The molecule has 0 saturated heterocycles. The van der Waals surface area contributed by atoms with E-state index >= 15 is 0 Å². The van der Waals surface area contributed by atoms with Crippen molar-refractivity contribution >= 4 is 17.3 Å². The number of carbonyl (C=O) groups is 1. The normalized spacial score (nSPS) is 11.2. The number of nitrogens with one attached hydrogen (secondary N) is 2. The van der Waals surface area contributed by atoms with Crippen molar-refractivity contribution in [2.45, 2.75) is 33.6 Å². The van der Waals surface area contributed by atoms with Crippen LogP contribution in [0.3, 0.4) is 0 Å². The predicted molar refractivity (Wildman–Crippen MR) is 87.5 cm³/mol. The summed E-state index contributed by atoms with van der Waals surface area (Å²) in [6, 6.07) is 5.25. The van der Waals surface area contributed by atoms with E-state index < -0.39 is 0 Å². The number of aliphatic hydroxyl groups is 1. The van der Waals surface area contributed by atoms with E-state index in [1.54, 1.807) is 18.2 Å². The quantitative estimate of drug-likeness (QED) is 0.554. The Morgan fingerprint density at radius 3 is 2.71 bits per heavy atom. The van der Waals surface area contributed by atoms with Crippen LogP contribution in [0.5, 0.6) is 0 Å². The first-order chi connectivity index (χ1) is 9.89. The molecule has 0 aromatic heterocycles. The number of nitrogen functional groups attached to an aromatic ring is 1. The summed E-state index contributed by atoms with van der Waals surface area (Å²) in [5.74, 6) is -0.0971. The van der Waals surface area contributed by atoms with Gasteiger partial charge in [0.1, 0.15) is 0 Å². The number of hydrogen-bond donors (Lipinski definition) is 4. The van der Waals surface area contributed by atoms with E-state index in [-0.39, 0.29) is 17.9 Å². The maximum Gasteiger partial charge on any atom is 0.251 e. The van der Waals surface area contributed by atoms with Crippen molar-refractivity contribution in [3.05, 3.63) is 23.8 Å². The number of carbonyl (C=O) groups excluding carboxylic acids is 1. The SMILES string of the molecule is CCNC(=O)c1ccc(N)c(NCC(C)(C)CCCO)c1. The molecule has 0 spiro atoms. The molecule has 0 radical (unpaired) electrons. The summed E-state index contributed by atoms with van der Waals surface area (Å²) in [7, 11) is 0. The number of rotatable bonds is 8. The summed E-state index contributed by atoms with van der Waals surface area (Å²) in [6.07, 6.45) is 1.70. The van der Waals surface area contributed by atoms with Gasteiger partial charge >= 0.3 is 0 Å². The van der Waals surface area contributed by atoms with E-state index in [4.69, 9.17) is 10.8 Å². The van der Waals surface area contributed by atoms with Gasteiger partial charge in [0.25, 0.3) is 5.91 Å². The van der Waals surface area contributed by atoms with Gasteiger partial charge in [-0.1, -0.05) is 13.8 Å². The Kier molecular flexibility index (Phi) is 6.49. The highest BCUT2D eigenvalue weighted by molar-refractivity contribution is 5.96. The molecule has 118 valence electrons. The number of aliphatic hydroxyl groups excluding tert-OH is 1. The van der Waals surface area contributed by atoms with Crippen LogP contribution in [0.15, 0.2) is 18.2 Å². The van der Waals surface area contributed by atoms with E-state index in [2.05, 4.69) is 24.5 Å². The Morgan fingerprint density at radius 1 is 1.38 bits per heavy atom. The molecule has 0 bridgehead atoms. The summed E-state index contributed by atoms with van der Waals surface area (Å²) < 4.78 is 0. The van der Waals surface area contributed by atoms with Gasteiger partial charge in [-0.3, -0.25) is 4.79 Å². The topological polar surface area (TPSA) is 87.4 Å². The molecule has 5 nitrogen and oxygen atoms in total. The van der Waals surface area contributed by atoms with Crippen molar-refractivity contribution in [3.8, 4) is 0 Å². The van der Waals surface area contributed by atoms with E-state index in [0.29, 0.717) is 17.8 Å². The van der Waals surface area contributed by atoms with E-state index in [9.17, 15) is 4.79 Å². The Balaban J connectivity index is 2.74. The van der Waals surface area contributed by atoms with Crippen molar-refractivity contribution in [2.75, 3.05) is 30.7 Å². The van der Waals surface area contributed by atoms with Gasteiger partial charge in [-0.05, 0) is 43.4 Å². The standard InChI is InChI=1S/C16H27N3O2/c1-4-18-15(21)12-6-7-13(17)14(10-12)19-11-16(2,3)8-5-9-20/h6-7,10,19-20H,4-5,8-9,11,17H2,1-3H3,(H,18,21). The van der Waals surface area contributed by atoms with Gasteiger partial charge in [0.15, 0.2) is 0 Å². The average molecular weight is 293 g/mol. The van der Waals surface area contributed by atoms with E-state index in [1.165, 1.54) is 0 Å². The highest BCUT2D eigenvalue weighted by Crippen LogP contribution is 2.26. The molecule has 0 fully saturated rings. The van der Waals surface area contributed by atoms with Gasteiger partial charge in [-0.25, -0.2) is 0 Å². The highest BCUT2D eigenvalue weighted by Gasteiger charge is 2.17. The molecule has 0 aliphatic rings. The molecular formula is C16H27N3O2. The second kappa shape index (κ2) is 7.88. The third-order valence-electron chi connectivity index (χ3n) is 3.42. The van der Waals surface area contributed by atoms with Crippen molar-refractivity contribution in [1.29, 1.82) is 0 Å². The fourth-order valence-electron chi connectivity index (χ4n) is 2.09. The van der Waals surface area contributed by atoms with Gasteiger partial charge in [0.05, 0.1) is 11.4 Å². The molecule has 5 N–H and O–H groups in total. The predicted octanol–water partition coefficient (Wildman–Crippen LogP) is 2.23. The number of benzene rings is 1. The molecule has 1 rings (SSSR count). The second-order valence-corrected chi connectivity index (χ2v) is 6.01. The van der Waals surface area contributed by atoms with Crippen LogP contribution < -0.4 is 16.4 Å². The minimum absolute atomic E-state index is 0.0524. The zero-order valence-electron chi connectivity index (χ0n) is 13.2. The fraction of sp³-hybridized carbons (Fsp3) is 0.562. The maximum absolute atomic E-state index is 11.8. The minimum atomic E-state index is -0.0971. The van der Waals surface area contributed by atoms with Crippen molar-refractivity contribution in [3.63, 3.8) is 0 Å². The van der Waals surface area contributed by atoms with Gasteiger partial charge in [0.2, 0.25) is 0 Å². The van der Waals surface area contributed by atoms with Crippen LogP contribution in [-0.2, 0) is 0 Å². The van der Waals surface area contributed by atoms with Gasteiger partial charge in [-0.15, -0.1) is 0 Å². The molecule has 0 aliphatic carbocycles. The lowest BCUT2D eigenvalue weighted by atomic mass is 9.88. The summed E-state index contributed by atoms with van der Waals surface area (Å²) in [5.41, 5.74) is 8.01. The van der Waals surface area contributed by atoms with Crippen LogP contribution >= 0.6 is 0 Å². The molecular weight excluding hydrogens is 266 g/mol. The second-order valence-electron chi connectivity index (χ2n) is 6.01. The van der Waals surface area contributed by atoms with Crippen LogP contribution in [0.2, 0.25) is 0 Å². The zero-order chi connectivity index (χ0) is 15.9. The molecule has 0 saturated carbocycles. The minimum Gasteiger partial charge on any atom is -0.397 e. The van der Waals surface area contributed by atoms with Gasteiger partial charge < -0.3 is 21.5 Å². The van der Waals surface area contributed by atoms with Crippen LogP contribution in [0.25, 0.3) is 0 Å². The third kappa shape index (κ3) is 5.63. The molecule has 0 unspecified atom stereocenters. The van der Waals surface area contributed by atoms with Gasteiger partial charge in [-0.2, -0.15) is 0 Å². The molecule has 0 atom stereocenters. The van der Waals surface area contributed by atoms with Crippen LogP contribution in [-0.4, -0.2) is 30.7 Å². The molecule has 0 aliphatic heterocycles. The maximum atomic E-state index is 11.8. The van der Waals surface area contributed by atoms with Crippen molar-refractivity contribution < 1.29 is 9.90 Å². The lowest BCUT2D eigenvalue weighted by Crippen LogP contribution is -2.25. The zero-order valence-corrected chi connectivity index (χ0v) is 13.2. The monoisotopic (exact) mass is 293 g/mol. The molecule has 1 amide bonds. The molecule has 5 heteroatoms. The number of nitrogens with two attached hydrogens (primary N) is 1.